The smallest absolute Gasteiger partial charge is 0.161 e. The van der Waals surface area contributed by atoms with Crippen LogP contribution in [0.4, 0.5) is 0 Å². The topological polar surface area (TPSA) is 120 Å². The van der Waals surface area contributed by atoms with Gasteiger partial charge in [0.05, 0.1) is 12.2 Å². The van der Waals surface area contributed by atoms with Crippen LogP contribution < -0.4 is 9.47 Å². The summed E-state index contributed by atoms with van der Waals surface area (Å²) in [4.78, 5) is 0. The SMILES string of the molecule is CCC(O)COc1cc([C@H]2Oc3cc(O)cc(O)c3C[C@@H]2O)ccc1O. The largest absolute Gasteiger partial charge is 0.508 e. The Kier molecular flexibility index (Phi) is 5.11. The molecule has 1 aliphatic rings. The average Bonchev–Trinajstić information content (AvgIpc) is 2.61. The molecule has 7 heteroatoms. The molecule has 2 aromatic rings. The van der Waals surface area contributed by atoms with Gasteiger partial charge in [0.15, 0.2) is 11.5 Å². The van der Waals surface area contributed by atoms with Gasteiger partial charge < -0.3 is 35.0 Å². The number of ether oxygens (including phenoxy) is 2. The molecule has 0 radical (unpaired) electrons. The van der Waals surface area contributed by atoms with E-state index in [1.54, 1.807) is 12.1 Å². The predicted octanol–water partition coefficient (Wildman–Crippen LogP) is 1.99. The molecule has 0 saturated carbocycles. The number of aromatic hydroxyl groups is 3. The maximum atomic E-state index is 10.4. The van der Waals surface area contributed by atoms with Gasteiger partial charge in [0.2, 0.25) is 0 Å². The number of phenols is 3. The molecule has 2 aromatic carbocycles. The lowest BCUT2D eigenvalue weighted by Crippen LogP contribution is -2.30. The Bertz CT molecular complexity index is 790. The number of rotatable bonds is 5. The van der Waals surface area contributed by atoms with Gasteiger partial charge in [-0.05, 0) is 24.1 Å². The highest BCUT2D eigenvalue weighted by Gasteiger charge is 2.32. The second-order valence-electron chi connectivity index (χ2n) is 6.35. The molecule has 0 bridgehead atoms. The summed E-state index contributed by atoms with van der Waals surface area (Å²) in [6.45, 7) is 1.85. The lowest BCUT2D eigenvalue weighted by atomic mass is 9.94. The van der Waals surface area contributed by atoms with E-state index in [9.17, 15) is 25.5 Å². The minimum absolute atomic E-state index is 0.0339. The first kappa shape index (κ1) is 18.2. The second kappa shape index (κ2) is 7.31. The van der Waals surface area contributed by atoms with Crippen molar-refractivity contribution >= 4 is 0 Å². The van der Waals surface area contributed by atoms with Crippen molar-refractivity contribution in [1.29, 1.82) is 0 Å². The number of aliphatic hydroxyl groups is 2. The van der Waals surface area contributed by atoms with Crippen molar-refractivity contribution < 1.29 is 35.0 Å². The van der Waals surface area contributed by atoms with E-state index in [4.69, 9.17) is 9.47 Å². The maximum Gasteiger partial charge on any atom is 0.161 e. The summed E-state index contributed by atoms with van der Waals surface area (Å²) in [6.07, 6.45) is -1.67. The Morgan fingerprint density at radius 3 is 2.65 bits per heavy atom. The average molecular weight is 362 g/mol. The Hall–Kier alpha value is -2.64. The van der Waals surface area contributed by atoms with Crippen molar-refractivity contribution in [2.45, 2.75) is 38.1 Å². The van der Waals surface area contributed by atoms with Gasteiger partial charge in [0.25, 0.3) is 0 Å². The first-order valence-corrected chi connectivity index (χ1v) is 8.42. The van der Waals surface area contributed by atoms with Gasteiger partial charge in [-0.25, -0.2) is 0 Å². The summed E-state index contributed by atoms with van der Waals surface area (Å²) < 4.78 is 11.2. The number of hydrogen-bond donors (Lipinski definition) is 5. The van der Waals surface area contributed by atoms with Crippen molar-refractivity contribution in [2.24, 2.45) is 0 Å². The van der Waals surface area contributed by atoms with E-state index in [0.29, 0.717) is 17.5 Å². The van der Waals surface area contributed by atoms with Crippen molar-refractivity contribution in [1.82, 2.24) is 0 Å². The van der Waals surface area contributed by atoms with Gasteiger partial charge in [-0.3, -0.25) is 0 Å². The van der Waals surface area contributed by atoms with Crippen molar-refractivity contribution in [3.05, 3.63) is 41.5 Å². The zero-order valence-electron chi connectivity index (χ0n) is 14.3. The summed E-state index contributed by atoms with van der Waals surface area (Å²) in [7, 11) is 0. The van der Waals surface area contributed by atoms with Crippen LogP contribution >= 0.6 is 0 Å². The first-order valence-electron chi connectivity index (χ1n) is 8.42. The Balaban J connectivity index is 1.86. The Morgan fingerprint density at radius 2 is 1.92 bits per heavy atom. The number of aliphatic hydroxyl groups excluding tert-OH is 2. The lowest BCUT2D eigenvalue weighted by molar-refractivity contribution is 0.0195. The molecule has 0 fully saturated rings. The molecule has 3 atom stereocenters. The Labute approximate surface area is 150 Å². The van der Waals surface area contributed by atoms with Crippen molar-refractivity contribution in [2.75, 3.05) is 6.61 Å². The van der Waals surface area contributed by atoms with E-state index >= 15 is 0 Å². The van der Waals surface area contributed by atoms with Crippen LogP contribution in [0.5, 0.6) is 28.7 Å². The van der Waals surface area contributed by atoms with Crippen LogP contribution in [0.2, 0.25) is 0 Å². The molecule has 5 N–H and O–H groups in total. The van der Waals surface area contributed by atoms with E-state index in [1.807, 2.05) is 6.92 Å². The highest BCUT2D eigenvalue weighted by Crippen LogP contribution is 2.42. The number of fused-ring (bicyclic) bond motifs is 1. The third-order valence-corrected chi connectivity index (χ3v) is 4.40. The summed E-state index contributed by atoms with van der Waals surface area (Å²) >= 11 is 0. The van der Waals surface area contributed by atoms with Crippen LogP contribution in [-0.4, -0.2) is 44.3 Å². The predicted molar refractivity (Wildman–Crippen MR) is 92.8 cm³/mol. The van der Waals surface area contributed by atoms with Crippen molar-refractivity contribution in [3.8, 4) is 28.7 Å². The van der Waals surface area contributed by atoms with Crippen molar-refractivity contribution in [3.63, 3.8) is 0 Å². The van der Waals surface area contributed by atoms with E-state index < -0.39 is 18.3 Å². The van der Waals surface area contributed by atoms with Gasteiger partial charge in [-0.1, -0.05) is 13.0 Å². The summed E-state index contributed by atoms with van der Waals surface area (Å²) in [6, 6.07) is 7.14. The second-order valence-corrected chi connectivity index (χ2v) is 6.35. The van der Waals surface area contributed by atoms with Crippen LogP contribution in [0.25, 0.3) is 0 Å². The highest BCUT2D eigenvalue weighted by atomic mass is 16.5. The zero-order chi connectivity index (χ0) is 18.8. The van der Waals surface area contributed by atoms with Gasteiger partial charge in [-0.15, -0.1) is 0 Å². The maximum absolute atomic E-state index is 10.4. The third-order valence-electron chi connectivity index (χ3n) is 4.40. The molecule has 140 valence electrons. The summed E-state index contributed by atoms with van der Waals surface area (Å²) in [5.41, 5.74) is 0.984. The molecule has 26 heavy (non-hydrogen) atoms. The Morgan fingerprint density at radius 1 is 1.15 bits per heavy atom. The molecule has 0 spiro atoms. The van der Waals surface area contributed by atoms with Crippen LogP contribution in [-0.2, 0) is 6.42 Å². The fourth-order valence-electron chi connectivity index (χ4n) is 2.88. The van der Waals surface area contributed by atoms with Crippen LogP contribution in [0.3, 0.4) is 0 Å². The first-order chi connectivity index (χ1) is 12.4. The number of phenolic OH excluding ortho intramolecular Hbond substituents is 3. The number of hydrogen-bond acceptors (Lipinski definition) is 7. The third kappa shape index (κ3) is 3.63. The number of benzene rings is 2. The molecule has 0 saturated heterocycles. The fourth-order valence-corrected chi connectivity index (χ4v) is 2.88. The molecule has 1 heterocycles. The molecular weight excluding hydrogens is 340 g/mol. The van der Waals surface area contributed by atoms with E-state index in [0.717, 1.165) is 0 Å². The minimum atomic E-state index is -0.934. The molecule has 1 aliphatic heterocycles. The van der Waals surface area contributed by atoms with Crippen LogP contribution in [0, 0.1) is 0 Å². The molecule has 7 nitrogen and oxygen atoms in total. The highest BCUT2D eigenvalue weighted by molar-refractivity contribution is 5.52. The summed E-state index contributed by atoms with van der Waals surface area (Å²) in [5.74, 6) is 0.101. The van der Waals surface area contributed by atoms with Crippen LogP contribution in [0.15, 0.2) is 30.3 Å². The van der Waals surface area contributed by atoms with Gasteiger partial charge in [-0.2, -0.15) is 0 Å². The minimum Gasteiger partial charge on any atom is -0.508 e. The van der Waals surface area contributed by atoms with Gasteiger partial charge in [0.1, 0.15) is 30.0 Å². The van der Waals surface area contributed by atoms with Crippen LogP contribution in [0.1, 0.15) is 30.6 Å². The molecule has 0 aromatic heterocycles. The summed E-state index contributed by atoms with van der Waals surface area (Å²) in [5, 5.41) is 49.5. The monoisotopic (exact) mass is 362 g/mol. The normalized spacial score (nSPS) is 20.1. The van der Waals surface area contributed by atoms with Gasteiger partial charge >= 0.3 is 0 Å². The molecule has 3 rings (SSSR count). The molecule has 1 unspecified atom stereocenters. The quantitative estimate of drug-likeness (QED) is 0.552. The lowest BCUT2D eigenvalue weighted by Gasteiger charge is -2.31. The van der Waals surface area contributed by atoms with E-state index in [1.165, 1.54) is 18.2 Å². The molecule has 0 aliphatic carbocycles. The molecular formula is C19H22O7. The zero-order valence-corrected chi connectivity index (χ0v) is 14.3. The van der Waals surface area contributed by atoms with E-state index in [2.05, 4.69) is 0 Å². The fraction of sp³-hybridized carbons (Fsp3) is 0.368. The standard InChI is InChI=1S/C19H22O7/c1-2-11(20)9-25-18-5-10(3-4-14(18)22)19-16(24)8-13-15(23)6-12(21)7-17(13)26-19/h3-7,11,16,19-24H,2,8-9H2,1H3/t11?,16-,19+/m0/s1. The van der Waals surface area contributed by atoms with Gasteiger partial charge in [0, 0.05) is 24.1 Å². The van der Waals surface area contributed by atoms with E-state index in [-0.39, 0.29) is 41.8 Å². The molecule has 0 amide bonds.